The van der Waals surface area contributed by atoms with Crippen LogP contribution in [0.3, 0.4) is 0 Å². The van der Waals surface area contributed by atoms with Crippen LogP contribution in [0.15, 0.2) is 36.5 Å². The minimum absolute atomic E-state index is 0.0593. The summed E-state index contributed by atoms with van der Waals surface area (Å²) >= 11 is 0. The van der Waals surface area contributed by atoms with E-state index in [1.54, 1.807) is 48.5 Å². The van der Waals surface area contributed by atoms with Gasteiger partial charge in [-0.3, -0.25) is 10.1 Å². The van der Waals surface area contributed by atoms with E-state index in [9.17, 15) is 19.7 Å². The molecular formula is C32H45N7O6. The molecule has 244 valence electrons. The van der Waals surface area contributed by atoms with Gasteiger partial charge in [-0.15, -0.1) is 0 Å². The third-order valence-electron chi connectivity index (χ3n) is 7.41. The van der Waals surface area contributed by atoms with Gasteiger partial charge in [0.15, 0.2) is 5.65 Å². The molecule has 1 aliphatic rings. The molecule has 3 aromatic rings. The SMILES string of the molecule is CC(C)c1cnn2c(N(C(=O)OC(C)(C)C)c3cccc([N+](=O)[O-])c3)cc(N[C@@H]3CCC(C)(C)N(C(=O)OC(C)(C)C)C3)nc12. The van der Waals surface area contributed by atoms with Gasteiger partial charge < -0.3 is 19.7 Å². The third-order valence-corrected chi connectivity index (χ3v) is 7.41. The molecular weight excluding hydrogens is 578 g/mol. The Kier molecular flexibility index (Phi) is 9.05. The van der Waals surface area contributed by atoms with E-state index < -0.39 is 27.8 Å². The summed E-state index contributed by atoms with van der Waals surface area (Å²) < 4.78 is 13.0. The number of nitrogens with one attached hydrogen (secondary N) is 1. The number of aromatic nitrogens is 3. The molecule has 13 heteroatoms. The fraction of sp³-hybridized carbons (Fsp3) is 0.562. The Balaban J connectivity index is 1.82. The number of likely N-dealkylation sites (tertiary alicyclic amines) is 1. The topological polar surface area (TPSA) is 144 Å². The number of rotatable bonds is 6. The van der Waals surface area contributed by atoms with Gasteiger partial charge in [0.05, 0.1) is 16.8 Å². The fourth-order valence-electron chi connectivity index (χ4n) is 5.18. The maximum absolute atomic E-state index is 13.8. The number of nitro groups is 1. The van der Waals surface area contributed by atoms with Gasteiger partial charge in [0.1, 0.15) is 22.8 Å². The molecule has 45 heavy (non-hydrogen) atoms. The highest BCUT2D eigenvalue weighted by Gasteiger charge is 2.40. The molecule has 4 rings (SSSR count). The van der Waals surface area contributed by atoms with Crippen molar-refractivity contribution in [2.24, 2.45) is 0 Å². The van der Waals surface area contributed by atoms with Crippen LogP contribution in [0.25, 0.3) is 5.65 Å². The van der Waals surface area contributed by atoms with Crippen molar-refractivity contribution in [3.8, 4) is 0 Å². The molecule has 1 aromatic carbocycles. The van der Waals surface area contributed by atoms with Crippen LogP contribution < -0.4 is 10.2 Å². The molecule has 0 radical (unpaired) electrons. The van der Waals surface area contributed by atoms with Crippen LogP contribution >= 0.6 is 0 Å². The van der Waals surface area contributed by atoms with E-state index in [0.29, 0.717) is 18.0 Å². The number of carbonyl (C=O) groups excluding carboxylic acids is 2. The monoisotopic (exact) mass is 623 g/mol. The summed E-state index contributed by atoms with van der Waals surface area (Å²) in [6, 6.07) is 7.29. The summed E-state index contributed by atoms with van der Waals surface area (Å²) in [5.74, 6) is 0.793. The van der Waals surface area contributed by atoms with Crippen molar-refractivity contribution in [1.82, 2.24) is 19.5 Å². The van der Waals surface area contributed by atoms with Gasteiger partial charge in [-0.1, -0.05) is 19.9 Å². The molecule has 0 bridgehead atoms. The van der Waals surface area contributed by atoms with E-state index in [1.165, 1.54) is 23.1 Å². The summed E-state index contributed by atoms with van der Waals surface area (Å²) in [7, 11) is 0. The Labute approximate surface area is 264 Å². The molecule has 0 spiro atoms. The van der Waals surface area contributed by atoms with E-state index in [4.69, 9.17) is 14.5 Å². The van der Waals surface area contributed by atoms with Crippen LogP contribution in [0.1, 0.15) is 93.6 Å². The van der Waals surface area contributed by atoms with Crippen molar-refractivity contribution in [2.75, 3.05) is 16.8 Å². The van der Waals surface area contributed by atoms with E-state index in [0.717, 1.165) is 18.4 Å². The maximum Gasteiger partial charge on any atom is 0.420 e. The lowest BCUT2D eigenvalue weighted by Gasteiger charge is -2.45. The molecule has 1 fully saturated rings. The van der Waals surface area contributed by atoms with E-state index in [1.807, 2.05) is 48.5 Å². The highest BCUT2D eigenvalue weighted by atomic mass is 16.6. The Hall–Kier alpha value is -4.42. The minimum Gasteiger partial charge on any atom is -0.444 e. The van der Waals surface area contributed by atoms with E-state index in [-0.39, 0.29) is 35.2 Å². The van der Waals surface area contributed by atoms with Crippen molar-refractivity contribution in [2.45, 2.75) is 111 Å². The third kappa shape index (κ3) is 7.81. The number of hydrogen-bond acceptors (Lipinski definition) is 9. The Morgan fingerprint density at radius 2 is 1.78 bits per heavy atom. The average molecular weight is 624 g/mol. The van der Waals surface area contributed by atoms with Crippen molar-refractivity contribution < 1.29 is 24.0 Å². The molecule has 1 N–H and O–H groups in total. The number of nitro benzene ring substituents is 1. The van der Waals surface area contributed by atoms with Crippen molar-refractivity contribution in [1.29, 1.82) is 0 Å². The second-order valence-corrected chi connectivity index (χ2v) is 14.4. The lowest BCUT2D eigenvalue weighted by atomic mass is 9.88. The zero-order valence-corrected chi connectivity index (χ0v) is 27.9. The van der Waals surface area contributed by atoms with Crippen LogP contribution in [0, 0.1) is 10.1 Å². The molecule has 1 aliphatic heterocycles. The summed E-state index contributed by atoms with van der Waals surface area (Å²) in [6.45, 7) is 19.2. The van der Waals surface area contributed by atoms with Gasteiger partial charge in [-0.2, -0.15) is 9.61 Å². The first-order valence-electron chi connectivity index (χ1n) is 15.2. The first kappa shape index (κ1) is 33.5. The van der Waals surface area contributed by atoms with Crippen molar-refractivity contribution in [3.63, 3.8) is 0 Å². The number of carbonyl (C=O) groups is 2. The maximum atomic E-state index is 13.8. The van der Waals surface area contributed by atoms with Crippen LogP contribution in [0.4, 0.5) is 32.6 Å². The Bertz CT molecular complexity index is 1580. The molecule has 13 nitrogen and oxygen atoms in total. The number of benzene rings is 1. The predicted molar refractivity (Wildman–Crippen MR) is 172 cm³/mol. The van der Waals surface area contributed by atoms with Crippen LogP contribution in [-0.2, 0) is 9.47 Å². The number of amides is 2. The molecule has 1 atom stereocenters. The summed E-state index contributed by atoms with van der Waals surface area (Å²) in [6.07, 6.45) is 2.06. The normalized spacial score (nSPS) is 16.9. The summed E-state index contributed by atoms with van der Waals surface area (Å²) in [5, 5.41) is 19.7. The quantitative estimate of drug-likeness (QED) is 0.219. The van der Waals surface area contributed by atoms with Crippen LogP contribution in [0.5, 0.6) is 0 Å². The van der Waals surface area contributed by atoms with Crippen LogP contribution in [0.2, 0.25) is 0 Å². The predicted octanol–water partition coefficient (Wildman–Crippen LogP) is 7.42. The van der Waals surface area contributed by atoms with Gasteiger partial charge >= 0.3 is 12.2 Å². The number of nitrogens with zero attached hydrogens (tertiary/aromatic N) is 6. The number of hydrogen-bond donors (Lipinski definition) is 1. The number of non-ortho nitro benzene ring substituents is 1. The first-order chi connectivity index (χ1) is 20.8. The summed E-state index contributed by atoms with van der Waals surface area (Å²) in [5.41, 5.74) is -0.478. The molecule has 2 aromatic heterocycles. The molecule has 2 amide bonds. The van der Waals surface area contributed by atoms with Gasteiger partial charge in [0, 0.05) is 41.9 Å². The van der Waals surface area contributed by atoms with Crippen molar-refractivity contribution in [3.05, 3.63) is 52.2 Å². The Morgan fingerprint density at radius 1 is 1.11 bits per heavy atom. The standard InChI is InChI=1S/C32H45N7O6/c1-20(2)24-18-33-38-26(37(29(41)45-31(6,7)8)22-12-11-13-23(16-22)39(42)43)17-25(35-27(24)38)34-21-14-15-32(9,10)36(19-21)28(40)44-30(3,4)5/h11-13,16-18,20-21H,14-15,19H2,1-10H3,(H,34,35)/t21-/m1/s1. The molecule has 0 unspecified atom stereocenters. The zero-order valence-electron chi connectivity index (χ0n) is 27.9. The fourth-order valence-corrected chi connectivity index (χ4v) is 5.18. The second kappa shape index (κ2) is 12.2. The number of piperidine rings is 1. The molecule has 0 saturated carbocycles. The van der Waals surface area contributed by atoms with Crippen LogP contribution in [-0.4, -0.2) is 65.9 Å². The van der Waals surface area contributed by atoms with Gasteiger partial charge in [-0.25, -0.2) is 19.5 Å². The van der Waals surface area contributed by atoms with E-state index in [2.05, 4.69) is 10.4 Å². The largest absolute Gasteiger partial charge is 0.444 e. The van der Waals surface area contributed by atoms with Gasteiger partial charge in [0.2, 0.25) is 0 Å². The number of ether oxygens (including phenoxy) is 2. The minimum atomic E-state index is -0.851. The lowest BCUT2D eigenvalue weighted by Crippen LogP contribution is -2.57. The molecule has 1 saturated heterocycles. The van der Waals surface area contributed by atoms with Crippen molar-refractivity contribution >= 4 is 40.8 Å². The zero-order chi connectivity index (χ0) is 33.5. The van der Waals surface area contributed by atoms with Gasteiger partial charge in [-0.05, 0) is 80.2 Å². The Morgan fingerprint density at radius 3 is 2.38 bits per heavy atom. The first-order valence-corrected chi connectivity index (χ1v) is 15.2. The number of anilines is 3. The van der Waals surface area contributed by atoms with Gasteiger partial charge in [0.25, 0.3) is 5.69 Å². The summed E-state index contributed by atoms with van der Waals surface area (Å²) in [4.78, 5) is 46.1. The average Bonchev–Trinajstić information content (AvgIpc) is 3.32. The highest BCUT2D eigenvalue weighted by molar-refractivity contribution is 5.96. The second-order valence-electron chi connectivity index (χ2n) is 14.4. The van der Waals surface area contributed by atoms with E-state index >= 15 is 0 Å². The molecule has 3 heterocycles. The smallest absolute Gasteiger partial charge is 0.420 e. The molecule has 0 aliphatic carbocycles. The lowest BCUT2D eigenvalue weighted by molar-refractivity contribution is -0.384. The highest BCUT2D eigenvalue weighted by Crippen LogP contribution is 2.35. The number of fused-ring (bicyclic) bond motifs is 1.